The molecule has 2 amide bonds. The van der Waals surface area contributed by atoms with Gasteiger partial charge in [0.15, 0.2) is 5.11 Å². The maximum atomic E-state index is 12.7. The molecule has 0 radical (unpaired) electrons. The lowest BCUT2D eigenvalue weighted by Gasteiger charge is -2.17. The van der Waals surface area contributed by atoms with E-state index in [-0.39, 0.29) is 11.0 Å². The predicted octanol–water partition coefficient (Wildman–Crippen LogP) is 3.58. The summed E-state index contributed by atoms with van der Waals surface area (Å²) < 4.78 is 11.3. The lowest BCUT2D eigenvalue weighted by Crippen LogP contribution is -2.34. The lowest BCUT2D eigenvalue weighted by molar-refractivity contribution is -0.116. The second-order valence-corrected chi connectivity index (χ2v) is 7.34. The molecular formula is C20H22BrN3O4S. The molecule has 2 rings (SSSR count). The molecule has 0 aliphatic rings. The Bertz CT molecular complexity index is 907. The van der Waals surface area contributed by atoms with Crippen LogP contribution in [0.3, 0.4) is 0 Å². The first-order valence-electron chi connectivity index (χ1n) is 8.69. The molecule has 9 heteroatoms. The van der Waals surface area contributed by atoms with Crippen LogP contribution in [0.5, 0.6) is 5.75 Å². The van der Waals surface area contributed by atoms with Crippen molar-refractivity contribution in [3.8, 4) is 5.75 Å². The van der Waals surface area contributed by atoms with E-state index >= 15 is 0 Å². The number of hydrogen-bond acceptors (Lipinski definition) is 5. The van der Waals surface area contributed by atoms with Crippen molar-refractivity contribution in [3.63, 3.8) is 0 Å². The second kappa shape index (κ2) is 10.9. The molecule has 0 saturated carbocycles. The van der Waals surface area contributed by atoms with E-state index in [2.05, 4.69) is 26.6 Å². The van der Waals surface area contributed by atoms with E-state index in [0.29, 0.717) is 35.9 Å². The SMILES string of the molecule is COCCOc1ccc(Br)cc1C(=O)NC(=S)Nc1cccc(N(C)C(C)=O)c1. The number of halogens is 1. The highest BCUT2D eigenvalue weighted by molar-refractivity contribution is 9.10. The van der Waals surface area contributed by atoms with Crippen LogP contribution in [0.25, 0.3) is 0 Å². The summed E-state index contributed by atoms with van der Waals surface area (Å²) in [7, 11) is 3.26. The molecule has 0 saturated heterocycles. The number of methoxy groups -OCH3 is 1. The van der Waals surface area contributed by atoms with Gasteiger partial charge in [0.2, 0.25) is 5.91 Å². The maximum Gasteiger partial charge on any atom is 0.261 e. The number of nitrogens with one attached hydrogen (secondary N) is 2. The summed E-state index contributed by atoms with van der Waals surface area (Å²) in [5.74, 6) is -0.0717. The van der Waals surface area contributed by atoms with E-state index in [0.717, 1.165) is 4.47 Å². The molecule has 0 spiro atoms. The van der Waals surface area contributed by atoms with Crippen molar-refractivity contribution in [1.82, 2.24) is 5.32 Å². The molecule has 0 aliphatic carbocycles. The highest BCUT2D eigenvalue weighted by Gasteiger charge is 2.15. The number of anilines is 2. The summed E-state index contributed by atoms with van der Waals surface area (Å²) in [5.41, 5.74) is 1.69. The van der Waals surface area contributed by atoms with E-state index in [1.165, 1.54) is 11.8 Å². The fourth-order valence-electron chi connectivity index (χ4n) is 2.35. The minimum Gasteiger partial charge on any atom is -0.490 e. The number of carbonyl (C=O) groups is 2. The summed E-state index contributed by atoms with van der Waals surface area (Å²) >= 11 is 8.62. The Morgan fingerprint density at radius 3 is 2.62 bits per heavy atom. The second-order valence-electron chi connectivity index (χ2n) is 6.02. The van der Waals surface area contributed by atoms with Gasteiger partial charge in [0.25, 0.3) is 5.91 Å². The summed E-state index contributed by atoms with van der Waals surface area (Å²) in [6.07, 6.45) is 0. The van der Waals surface area contributed by atoms with Gasteiger partial charge in [0.05, 0.1) is 12.2 Å². The number of nitrogens with zero attached hydrogens (tertiary/aromatic N) is 1. The van der Waals surface area contributed by atoms with Gasteiger partial charge in [0.1, 0.15) is 12.4 Å². The summed E-state index contributed by atoms with van der Waals surface area (Å²) in [4.78, 5) is 25.7. The quantitative estimate of drug-likeness (QED) is 0.466. The third-order valence-electron chi connectivity index (χ3n) is 3.92. The van der Waals surface area contributed by atoms with Gasteiger partial charge in [-0.25, -0.2) is 0 Å². The van der Waals surface area contributed by atoms with Crippen LogP contribution in [0.15, 0.2) is 46.9 Å². The lowest BCUT2D eigenvalue weighted by atomic mass is 10.2. The summed E-state index contributed by atoms with van der Waals surface area (Å²) in [6, 6.07) is 12.3. The average molecular weight is 480 g/mol. The number of hydrogen-bond donors (Lipinski definition) is 2. The van der Waals surface area contributed by atoms with Crippen LogP contribution in [0.4, 0.5) is 11.4 Å². The van der Waals surface area contributed by atoms with Gasteiger partial charge in [0, 0.05) is 36.9 Å². The first kappa shape index (κ1) is 22.8. The molecule has 0 atom stereocenters. The van der Waals surface area contributed by atoms with Crippen molar-refractivity contribution < 1.29 is 19.1 Å². The number of benzene rings is 2. The number of rotatable bonds is 7. The molecule has 154 valence electrons. The van der Waals surface area contributed by atoms with E-state index in [1.54, 1.807) is 56.6 Å². The smallest absolute Gasteiger partial charge is 0.261 e. The van der Waals surface area contributed by atoms with Gasteiger partial charge < -0.3 is 19.7 Å². The molecule has 2 aromatic carbocycles. The van der Waals surface area contributed by atoms with Gasteiger partial charge in [-0.2, -0.15) is 0 Å². The number of thiocarbonyl (C=S) groups is 1. The fourth-order valence-corrected chi connectivity index (χ4v) is 2.92. The molecule has 0 aromatic heterocycles. The Morgan fingerprint density at radius 1 is 1.17 bits per heavy atom. The molecule has 0 fully saturated rings. The van der Waals surface area contributed by atoms with Crippen LogP contribution in [-0.4, -0.2) is 44.3 Å². The molecule has 7 nitrogen and oxygen atoms in total. The highest BCUT2D eigenvalue weighted by Crippen LogP contribution is 2.23. The third-order valence-corrected chi connectivity index (χ3v) is 4.62. The third kappa shape index (κ3) is 6.81. The van der Waals surface area contributed by atoms with Crippen LogP contribution in [-0.2, 0) is 9.53 Å². The largest absolute Gasteiger partial charge is 0.490 e. The summed E-state index contributed by atoms with van der Waals surface area (Å²) in [5, 5.41) is 5.72. The van der Waals surface area contributed by atoms with Crippen LogP contribution in [0, 0.1) is 0 Å². The monoisotopic (exact) mass is 479 g/mol. The zero-order valence-corrected chi connectivity index (χ0v) is 18.7. The van der Waals surface area contributed by atoms with Crippen molar-refractivity contribution in [2.24, 2.45) is 0 Å². The van der Waals surface area contributed by atoms with Gasteiger partial charge in [-0.3, -0.25) is 14.9 Å². The van der Waals surface area contributed by atoms with Crippen molar-refractivity contribution in [3.05, 3.63) is 52.5 Å². The Labute approximate surface area is 183 Å². The van der Waals surface area contributed by atoms with Crippen LogP contribution < -0.4 is 20.3 Å². The molecule has 2 N–H and O–H groups in total. The minimum absolute atomic E-state index is 0.0892. The summed E-state index contributed by atoms with van der Waals surface area (Å²) in [6.45, 7) is 2.20. The maximum absolute atomic E-state index is 12.7. The van der Waals surface area contributed by atoms with E-state index in [4.69, 9.17) is 21.7 Å². The van der Waals surface area contributed by atoms with Crippen LogP contribution in [0.2, 0.25) is 0 Å². The van der Waals surface area contributed by atoms with Gasteiger partial charge in [-0.1, -0.05) is 22.0 Å². The Kier molecular flexibility index (Phi) is 8.56. The number of amides is 2. The molecule has 29 heavy (non-hydrogen) atoms. The van der Waals surface area contributed by atoms with Crippen molar-refractivity contribution >= 4 is 56.4 Å². The first-order chi connectivity index (χ1) is 13.8. The molecule has 0 heterocycles. The van der Waals surface area contributed by atoms with E-state index in [1.807, 2.05) is 0 Å². The van der Waals surface area contributed by atoms with Gasteiger partial charge in [-0.15, -0.1) is 0 Å². The Morgan fingerprint density at radius 2 is 1.93 bits per heavy atom. The zero-order chi connectivity index (χ0) is 21.4. The Hall–Kier alpha value is -2.49. The van der Waals surface area contributed by atoms with Crippen LogP contribution >= 0.6 is 28.1 Å². The normalized spacial score (nSPS) is 10.2. The molecule has 0 unspecified atom stereocenters. The number of ether oxygens (including phenoxy) is 2. The van der Waals surface area contributed by atoms with Crippen molar-refractivity contribution in [2.75, 3.05) is 37.6 Å². The predicted molar refractivity (Wildman–Crippen MR) is 121 cm³/mol. The van der Waals surface area contributed by atoms with Crippen molar-refractivity contribution in [2.45, 2.75) is 6.92 Å². The van der Waals surface area contributed by atoms with Gasteiger partial charge >= 0.3 is 0 Å². The minimum atomic E-state index is -0.409. The first-order valence-corrected chi connectivity index (χ1v) is 9.90. The van der Waals surface area contributed by atoms with E-state index < -0.39 is 5.91 Å². The van der Waals surface area contributed by atoms with Crippen LogP contribution in [0.1, 0.15) is 17.3 Å². The van der Waals surface area contributed by atoms with Gasteiger partial charge in [-0.05, 0) is 48.6 Å². The average Bonchev–Trinajstić information content (AvgIpc) is 2.68. The number of carbonyl (C=O) groups excluding carboxylic acids is 2. The van der Waals surface area contributed by atoms with E-state index in [9.17, 15) is 9.59 Å². The molecular weight excluding hydrogens is 458 g/mol. The molecule has 2 aromatic rings. The Balaban J connectivity index is 2.08. The zero-order valence-electron chi connectivity index (χ0n) is 16.3. The molecule has 0 aliphatic heterocycles. The molecule has 0 bridgehead atoms. The topological polar surface area (TPSA) is 79.9 Å². The standard InChI is InChI=1S/C20H22BrN3O4S/c1-13(25)24(2)16-6-4-5-15(12-16)22-20(29)23-19(26)17-11-14(21)7-8-18(17)28-10-9-27-3/h4-8,11-12H,9-10H2,1-3H3,(H2,22,23,26,29). The fraction of sp³-hybridized carbons (Fsp3) is 0.250. The highest BCUT2D eigenvalue weighted by atomic mass is 79.9. The van der Waals surface area contributed by atoms with Crippen molar-refractivity contribution in [1.29, 1.82) is 0 Å².